The van der Waals surface area contributed by atoms with Crippen LogP contribution in [0.25, 0.3) is 0 Å². The van der Waals surface area contributed by atoms with Crippen molar-refractivity contribution in [1.29, 1.82) is 0 Å². The van der Waals surface area contributed by atoms with Gasteiger partial charge in [-0.05, 0) is 48.5 Å². The molecule has 0 fully saturated rings. The molecule has 7 nitrogen and oxygen atoms in total. The van der Waals surface area contributed by atoms with Gasteiger partial charge in [-0.25, -0.2) is 13.2 Å². The molecule has 0 saturated heterocycles. The zero-order chi connectivity index (χ0) is 19.2. The molecular formula is C17H18BrN3O4S. The van der Waals surface area contributed by atoms with Gasteiger partial charge in [-0.3, -0.25) is 4.79 Å². The van der Waals surface area contributed by atoms with Crippen molar-refractivity contribution < 1.29 is 18.0 Å². The molecule has 0 aliphatic carbocycles. The summed E-state index contributed by atoms with van der Waals surface area (Å²) in [6.45, 7) is 0.162. The van der Waals surface area contributed by atoms with E-state index in [4.69, 9.17) is 0 Å². The van der Waals surface area contributed by atoms with Crippen molar-refractivity contribution in [3.63, 3.8) is 0 Å². The predicted octanol–water partition coefficient (Wildman–Crippen LogP) is 3.00. The molecule has 0 heterocycles. The molecule has 0 saturated carbocycles. The zero-order valence-corrected chi connectivity index (χ0v) is 16.4. The Morgan fingerprint density at radius 2 is 1.46 bits per heavy atom. The molecule has 138 valence electrons. The third kappa shape index (κ3) is 6.49. The van der Waals surface area contributed by atoms with E-state index in [-0.39, 0.29) is 23.8 Å². The largest absolute Gasteiger partial charge is 0.337 e. The number of hydrogen-bond acceptors (Lipinski definition) is 4. The summed E-state index contributed by atoms with van der Waals surface area (Å²) in [7, 11) is -3.27. The molecule has 0 aliphatic rings. The molecule has 0 radical (unpaired) electrons. The van der Waals surface area contributed by atoms with Crippen molar-refractivity contribution in [1.82, 2.24) is 5.32 Å². The first kappa shape index (κ1) is 19.9. The smallest absolute Gasteiger partial charge is 0.319 e. The minimum atomic E-state index is -3.27. The van der Waals surface area contributed by atoms with Gasteiger partial charge in [0.15, 0.2) is 9.84 Å². The van der Waals surface area contributed by atoms with Gasteiger partial charge in [-0.15, -0.1) is 0 Å². The number of urea groups is 1. The predicted molar refractivity (Wildman–Crippen MR) is 104 cm³/mol. The maximum absolute atomic E-state index is 11.9. The molecule has 0 spiro atoms. The van der Waals surface area contributed by atoms with Crippen LogP contribution in [0.3, 0.4) is 0 Å². The maximum atomic E-state index is 11.9. The molecule has 9 heteroatoms. The Hall–Kier alpha value is -2.39. The number of sulfone groups is 1. The number of benzene rings is 2. The Kier molecular flexibility index (Phi) is 6.76. The lowest BCUT2D eigenvalue weighted by Gasteiger charge is -2.09. The summed E-state index contributed by atoms with van der Waals surface area (Å²) in [4.78, 5) is 23.8. The molecule has 0 unspecified atom stereocenters. The van der Waals surface area contributed by atoms with Crippen LogP contribution in [0.5, 0.6) is 0 Å². The molecule has 0 atom stereocenters. The molecule has 3 amide bonds. The number of hydrogen-bond donors (Lipinski definition) is 3. The van der Waals surface area contributed by atoms with E-state index in [2.05, 4.69) is 31.9 Å². The third-order valence-electron chi connectivity index (χ3n) is 3.31. The van der Waals surface area contributed by atoms with Crippen molar-refractivity contribution in [2.45, 2.75) is 11.3 Å². The first-order chi connectivity index (χ1) is 12.2. The van der Waals surface area contributed by atoms with Gasteiger partial charge in [0.2, 0.25) is 5.91 Å². The van der Waals surface area contributed by atoms with Crippen molar-refractivity contribution in [3.05, 3.63) is 53.0 Å². The van der Waals surface area contributed by atoms with Gasteiger partial charge in [-0.2, -0.15) is 0 Å². The second kappa shape index (κ2) is 8.81. The lowest BCUT2D eigenvalue weighted by molar-refractivity contribution is -0.116. The molecule has 2 rings (SSSR count). The Morgan fingerprint density at radius 1 is 0.923 bits per heavy atom. The van der Waals surface area contributed by atoms with Crippen molar-refractivity contribution in [2.75, 3.05) is 23.4 Å². The lowest BCUT2D eigenvalue weighted by Crippen LogP contribution is -2.31. The van der Waals surface area contributed by atoms with E-state index in [0.717, 1.165) is 10.7 Å². The second-order valence-corrected chi connectivity index (χ2v) is 8.41. The second-order valence-electron chi connectivity index (χ2n) is 5.48. The Labute approximate surface area is 160 Å². The molecule has 0 aromatic heterocycles. The van der Waals surface area contributed by atoms with Gasteiger partial charge in [0.25, 0.3) is 0 Å². The molecule has 3 N–H and O–H groups in total. The molecular weight excluding hydrogens is 422 g/mol. The first-order valence-electron chi connectivity index (χ1n) is 7.64. The van der Waals surface area contributed by atoms with Gasteiger partial charge in [-0.1, -0.05) is 15.9 Å². The van der Waals surface area contributed by atoms with Crippen LogP contribution in [0, 0.1) is 0 Å². The summed E-state index contributed by atoms with van der Waals surface area (Å²) in [6.07, 6.45) is 1.20. The van der Waals surface area contributed by atoms with Crippen LogP contribution >= 0.6 is 15.9 Å². The monoisotopic (exact) mass is 439 g/mol. The SMILES string of the molecule is CS(=O)(=O)c1ccc(NC(=O)CCNC(=O)Nc2ccc(Br)cc2)cc1. The number of amides is 3. The van der Waals surface area contributed by atoms with E-state index in [0.29, 0.717) is 11.4 Å². The fourth-order valence-electron chi connectivity index (χ4n) is 2.01. The van der Waals surface area contributed by atoms with Crippen LogP contribution in [-0.4, -0.2) is 33.2 Å². The standard InChI is InChI=1S/C17H18BrN3O4S/c1-26(24,25)15-8-6-13(7-9-15)20-16(22)10-11-19-17(23)21-14-4-2-12(18)3-5-14/h2-9H,10-11H2,1H3,(H,20,22)(H2,19,21,23). The van der Waals surface area contributed by atoms with E-state index in [1.54, 1.807) is 24.3 Å². The molecule has 2 aromatic carbocycles. The number of anilines is 2. The number of carbonyl (C=O) groups excluding carboxylic acids is 2. The highest BCUT2D eigenvalue weighted by molar-refractivity contribution is 9.10. The number of nitrogens with one attached hydrogen (secondary N) is 3. The van der Waals surface area contributed by atoms with Crippen molar-refractivity contribution in [3.8, 4) is 0 Å². The fraction of sp³-hybridized carbons (Fsp3) is 0.176. The van der Waals surface area contributed by atoms with Crippen molar-refractivity contribution in [2.24, 2.45) is 0 Å². The summed E-state index contributed by atoms with van der Waals surface area (Å²) >= 11 is 3.31. The van der Waals surface area contributed by atoms with E-state index >= 15 is 0 Å². The average Bonchev–Trinajstić information content (AvgIpc) is 2.56. The Bertz CT molecular complexity index is 881. The Morgan fingerprint density at radius 3 is 2.04 bits per heavy atom. The van der Waals surface area contributed by atoms with Crippen LogP contribution in [0.15, 0.2) is 57.9 Å². The molecule has 0 aliphatic heterocycles. The highest BCUT2D eigenvalue weighted by Gasteiger charge is 2.08. The first-order valence-corrected chi connectivity index (χ1v) is 10.3. The highest BCUT2D eigenvalue weighted by atomic mass is 79.9. The number of carbonyl (C=O) groups is 2. The number of rotatable bonds is 6. The maximum Gasteiger partial charge on any atom is 0.319 e. The van der Waals surface area contributed by atoms with E-state index in [1.807, 2.05) is 0 Å². The van der Waals surface area contributed by atoms with Gasteiger partial charge in [0.05, 0.1) is 4.90 Å². The number of halogens is 1. The van der Waals surface area contributed by atoms with Crippen LogP contribution in [-0.2, 0) is 14.6 Å². The summed E-state index contributed by atoms with van der Waals surface area (Å²) in [5.41, 5.74) is 1.13. The summed E-state index contributed by atoms with van der Waals surface area (Å²) < 4.78 is 23.7. The van der Waals surface area contributed by atoms with Gasteiger partial charge in [0.1, 0.15) is 0 Å². The minimum Gasteiger partial charge on any atom is -0.337 e. The van der Waals surface area contributed by atoms with E-state index < -0.39 is 15.9 Å². The summed E-state index contributed by atoms with van der Waals surface area (Å²) in [5, 5.41) is 7.88. The molecule has 2 aromatic rings. The fourth-order valence-corrected chi connectivity index (χ4v) is 2.90. The van der Waals surface area contributed by atoms with Crippen LogP contribution in [0.2, 0.25) is 0 Å². The van der Waals surface area contributed by atoms with Gasteiger partial charge < -0.3 is 16.0 Å². The Balaban J connectivity index is 1.74. The van der Waals surface area contributed by atoms with Crippen LogP contribution in [0.1, 0.15) is 6.42 Å². The molecule has 26 heavy (non-hydrogen) atoms. The third-order valence-corrected chi connectivity index (χ3v) is 4.96. The van der Waals surface area contributed by atoms with Gasteiger partial charge >= 0.3 is 6.03 Å². The normalized spacial score (nSPS) is 10.8. The highest BCUT2D eigenvalue weighted by Crippen LogP contribution is 2.15. The van der Waals surface area contributed by atoms with Crippen LogP contribution in [0.4, 0.5) is 16.2 Å². The topological polar surface area (TPSA) is 104 Å². The molecule has 0 bridgehead atoms. The quantitative estimate of drug-likeness (QED) is 0.643. The van der Waals surface area contributed by atoms with E-state index in [9.17, 15) is 18.0 Å². The summed E-state index contributed by atoms with van der Waals surface area (Å²) in [5.74, 6) is -0.291. The summed E-state index contributed by atoms with van der Waals surface area (Å²) in [6, 6.07) is 12.6. The van der Waals surface area contributed by atoms with E-state index in [1.165, 1.54) is 24.3 Å². The van der Waals surface area contributed by atoms with Gasteiger partial charge in [0, 0.05) is 35.1 Å². The van der Waals surface area contributed by atoms with Crippen molar-refractivity contribution >= 4 is 49.1 Å². The minimum absolute atomic E-state index is 0.0849. The zero-order valence-electron chi connectivity index (χ0n) is 14.0. The lowest BCUT2D eigenvalue weighted by atomic mass is 10.3. The average molecular weight is 440 g/mol. The van der Waals surface area contributed by atoms with Crippen LogP contribution < -0.4 is 16.0 Å².